The summed E-state index contributed by atoms with van der Waals surface area (Å²) in [6.07, 6.45) is 4.66. The summed E-state index contributed by atoms with van der Waals surface area (Å²) in [5.41, 5.74) is 1.07. The van der Waals surface area contributed by atoms with Crippen LogP contribution in [-0.4, -0.2) is 46.8 Å². The average Bonchev–Trinajstić information content (AvgIpc) is 3.20. The highest BCUT2D eigenvalue weighted by Gasteiger charge is 2.39. The first-order valence-electron chi connectivity index (χ1n) is 9.06. The Labute approximate surface area is 158 Å². The summed E-state index contributed by atoms with van der Waals surface area (Å²) < 4.78 is 0. The molecule has 0 spiro atoms. The first-order chi connectivity index (χ1) is 12.1. The van der Waals surface area contributed by atoms with Crippen LogP contribution in [0.15, 0.2) is 23.4 Å². The lowest BCUT2D eigenvalue weighted by Crippen LogP contribution is -2.48. The number of hydrogen-bond acceptors (Lipinski definition) is 6. The van der Waals surface area contributed by atoms with E-state index >= 15 is 0 Å². The van der Waals surface area contributed by atoms with Gasteiger partial charge < -0.3 is 4.90 Å². The molecule has 4 rings (SSSR count). The Morgan fingerprint density at radius 2 is 2.04 bits per heavy atom. The predicted molar refractivity (Wildman–Crippen MR) is 107 cm³/mol. The largest absolute Gasteiger partial charge is 0.352 e. The van der Waals surface area contributed by atoms with Crippen molar-refractivity contribution >= 4 is 28.9 Å². The van der Waals surface area contributed by atoms with Crippen LogP contribution < -0.4 is 4.90 Å². The second-order valence-electron chi connectivity index (χ2n) is 7.20. The van der Waals surface area contributed by atoms with Gasteiger partial charge in [-0.15, -0.1) is 11.3 Å². The van der Waals surface area contributed by atoms with Gasteiger partial charge in [0.05, 0.1) is 0 Å². The molecular formula is C19H26N4S2. The summed E-state index contributed by atoms with van der Waals surface area (Å²) in [5.74, 6) is 1.94. The molecule has 2 aliphatic rings. The van der Waals surface area contributed by atoms with Crippen molar-refractivity contribution in [2.45, 2.75) is 44.4 Å². The molecule has 2 saturated heterocycles. The van der Waals surface area contributed by atoms with Crippen molar-refractivity contribution in [1.82, 2.24) is 14.9 Å². The van der Waals surface area contributed by atoms with Crippen LogP contribution in [0.2, 0.25) is 0 Å². The SMILES string of the molecule is CSc1nc(C)cc(N2CCC3CCN(Cc4ccc(C)s4)CC32)n1. The van der Waals surface area contributed by atoms with Crippen LogP contribution in [0.1, 0.15) is 28.3 Å². The molecule has 2 aromatic rings. The summed E-state index contributed by atoms with van der Waals surface area (Å²) in [4.78, 5) is 17.4. The summed E-state index contributed by atoms with van der Waals surface area (Å²) >= 11 is 3.56. The molecular weight excluding hydrogens is 348 g/mol. The fourth-order valence-electron chi connectivity index (χ4n) is 4.19. The molecule has 25 heavy (non-hydrogen) atoms. The van der Waals surface area contributed by atoms with Crippen LogP contribution in [0, 0.1) is 19.8 Å². The third kappa shape index (κ3) is 3.71. The highest BCUT2D eigenvalue weighted by molar-refractivity contribution is 7.98. The van der Waals surface area contributed by atoms with Gasteiger partial charge in [-0.1, -0.05) is 11.8 Å². The van der Waals surface area contributed by atoms with Crippen LogP contribution >= 0.6 is 23.1 Å². The van der Waals surface area contributed by atoms with Crippen molar-refractivity contribution < 1.29 is 0 Å². The third-order valence-corrected chi connectivity index (χ3v) is 6.95. The van der Waals surface area contributed by atoms with E-state index in [2.05, 4.69) is 53.1 Å². The summed E-state index contributed by atoms with van der Waals surface area (Å²) in [5, 5.41) is 0.889. The summed E-state index contributed by atoms with van der Waals surface area (Å²) in [6, 6.07) is 7.28. The van der Waals surface area contributed by atoms with Crippen molar-refractivity contribution in [3.8, 4) is 0 Å². The monoisotopic (exact) mass is 374 g/mol. The predicted octanol–water partition coefficient (Wildman–Crippen LogP) is 3.98. The number of nitrogens with zero attached hydrogens (tertiary/aromatic N) is 4. The minimum atomic E-state index is 0.596. The number of aromatic nitrogens is 2. The molecule has 134 valence electrons. The molecule has 4 heterocycles. The number of rotatable bonds is 4. The topological polar surface area (TPSA) is 32.3 Å². The van der Waals surface area contributed by atoms with E-state index in [4.69, 9.17) is 4.98 Å². The zero-order valence-electron chi connectivity index (χ0n) is 15.2. The molecule has 2 fully saturated rings. The minimum Gasteiger partial charge on any atom is -0.352 e. The summed E-state index contributed by atoms with van der Waals surface area (Å²) in [6.45, 7) is 8.87. The highest BCUT2D eigenvalue weighted by Crippen LogP contribution is 2.35. The molecule has 0 N–H and O–H groups in total. The maximum absolute atomic E-state index is 4.80. The Bertz CT molecular complexity index is 745. The van der Waals surface area contributed by atoms with Crippen LogP contribution in [0.4, 0.5) is 5.82 Å². The second-order valence-corrected chi connectivity index (χ2v) is 9.35. The van der Waals surface area contributed by atoms with E-state index < -0.39 is 0 Å². The normalized spacial score (nSPS) is 23.9. The highest BCUT2D eigenvalue weighted by atomic mass is 32.2. The first-order valence-corrected chi connectivity index (χ1v) is 11.1. The fourth-order valence-corrected chi connectivity index (χ4v) is 5.54. The quantitative estimate of drug-likeness (QED) is 0.597. The van der Waals surface area contributed by atoms with Crippen molar-refractivity contribution in [3.05, 3.63) is 33.6 Å². The van der Waals surface area contributed by atoms with Gasteiger partial charge in [-0.3, -0.25) is 4.90 Å². The van der Waals surface area contributed by atoms with Gasteiger partial charge in [0.1, 0.15) is 5.82 Å². The van der Waals surface area contributed by atoms with E-state index in [1.165, 1.54) is 29.1 Å². The maximum atomic E-state index is 4.80. The lowest BCUT2D eigenvalue weighted by Gasteiger charge is -2.38. The van der Waals surface area contributed by atoms with E-state index in [9.17, 15) is 0 Å². The van der Waals surface area contributed by atoms with Crippen LogP contribution in [0.3, 0.4) is 0 Å². The van der Waals surface area contributed by atoms with Gasteiger partial charge in [-0.05, 0) is 57.5 Å². The Kier molecular flexibility index (Phi) is 5.02. The van der Waals surface area contributed by atoms with E-state index in [1.807, 2.05) is 11.3 Å². The van der Waals surface area contributed by atoms with Crippen LogP contribution in [-0.2, 0) is 6.54 Å². The molecule has 0 aromatic carbocycles. The number of hydrogen-bond donors (Lipinski definition) is 0. The molecule has 6 heteroatoms. The van der Waals surface area contributed by atoms with Crippen LogP contribution in [0.25, 0.3) is 0 Å². The lowest BCUT2D eigenvalue weighted by atomic mass is 9.92. The standard InChI is InChI=1S/C19H26N4S2/c1-13-10-18(21-19(20-13)24-3)23-9-7-15-6-8-22(12-17(15)23)11-16-5-4-14(2)25-16/h4-5,10,15,17H,6-9,11-12H2,1-3H3. The molecule has 2 unspecified atom stereocenters. The van der Waals surface area contributed by atoms with Crippen molar-refractivity contribution in [2.24, 2.45) is 5.92 Å². The van der Waals surface area contributed by atoms with Gasteiger partial charge in [0.25, 0.3) is 0 Å². The number of piperidine rings is 1. The number of likely N-dealkylation sites (tertiary alicyclic amines) is 1. The number of aryl methyl sites for hydroxylation is 2. The number of fused-ring (bicyclic) bond motifs is 1. The fraction of sp³-hybridized carbons (Fsp3) is 0.579. The average molecular weight is 375 g/mol. The molecule has 0 amide bonds. The molecule has 0 aliphatic carbocycles. The Balaban J connectivity index is 1.51. The first kappa shape index (κ1) is 17.3. The van der Waals surface area contributed by atoms with Crippen molar-refractivity contribution in [3.63, 3.8) is 0 Å². The van der Waals surface area contributed by atoms with E-state index in [-0.39, 0.29) is 0 Å². The number of thiophene rings is 1. The minimum absolute atomic E-state index is 0.596. The summed E-state index contributed by atoms with van der Waals surface area (Å²) in [7, 11) is 0. The molecule has 0 saturated carbocycles. The maximum Gasteiger partial charge on any atom is 0.189 e. The van der Waals surface area contributed by atoms with Gasteiger partial charge in [0.15, 0.2) is 5.16 Å². The molecule has 0 radical (unpaired) electrons. The van der Waals surface area contributed by atoms with Gasteiger partial charge in [-0.25, -0.2) is 9.97 Å². The Morgan fingerprint density at radius 1 is 1.20 bits per heavy atom. The third-order valence-electron chi connectivity index (χ3n) is 5.42. The molecule has 2 aromatic heterocycles. The van der Waals surface area contributed by atoms with Crippen molar-refractivity contribution in [2.75, 3.05) is 30.8 Å². The van der Waals surface area contributed by atoms with Gasteiger partial charge in [0, 0.05) is 47.2 Å². The van der Waals surface area contributed by atoms with Crippen molar-refractivity contribution in [1.29, 1.82) is 0 Å². The zero-order chi connectivity index (χ0) is 17.4. The Morgan fingerprint density at radius 3 is 2.80 bits per heavy atom. The second kappa shape index (κ2) is 7.25. The van der Waals surface area contributed by atoms with Gasteiger partial charge in [0.2, 0.25) is 0 Å². The number of thioether (sulfide) groups is 1. The number of anilines is 1. The Hall–Kier alpha value is -1.11. The smallest absolute Gasteiger partial charge is 0.189 e. The molecule has 4 nitrogen and oxygen atoms in total. The molecule has 2 atom stereocenters. The van der Waals surface area contributed by atoms with E-state index in [0.29, 0.717) is 6.04 Å². The molecule has 2 aliphatic heterocycles. The zero-order valence-corrected chi connectivity index (χ0v) is 16.9. The van der Waals surface area contributed by atoms with E-state index in [1.54, 1.807) is 11.8 Å². The van der Waals surface area contributed by atoms with Crippen LogP contribution in [0.5, 0.6) is 0 Å². The van der Waals surface area contributed by atoms with E-state index in [0.717, 1.165) is 42.2 Å². The molecule has 0 bridgehead atoms. The van der Waals surface area contributed by atoms with Gasteiger partial charge >= 0.3 is 0 Å². The lowest BCUT2D eigenvalue weighted by molar-refractivity contribution is 0.168. The van der Waals surface area contributed by atoms with Gasteiger partial charge in [-0.2, -0.15) is 0 Å².